The second kappa shape index (κ2) is 5.27. The van der Waals surface area contributed by atoms with Crippen molar-refractivity contribution >= 4 is 34.4 Å². The first kappa shape index (κ1) is 14.3. The average molecular weight is 321 g/mol. The number of rotatable bonds is 1. The molecule has 5 heteroatoms. The van der Waals surface area contributed by atoms with Gasteiger partial charge in [0.1, 0.15) is 6.61 Å². The number of ether oxygens (including phenoxy) is 1. The van der Waals surface area contributed by atoms with Gasteiger partial charge in [-0.25, -0.2) is 4.79 Å². The molecule has 1 aromatic rings. The largest absolute Gasteiger partial charge is 0.449 e. The molecule has 0 spiro atoms. The Morgan fingerprint density at radius 1 is 1.47 bits per heavy atom. The molecule has 3 nitrogen and oxygen atoms in total. The van der Waals surface area contributed by atoms with Crippen molar-refractivity contribution in [2.24, 2.45) is 5.41 Å². The fourth-order valence-electron chi connectivity index (χ4n) is 1.91. The van der Waals surface area contributed by atoms with Gasteiger partial charge in [-0.05, 0) is 17.7 Å². The van der Waals surface area contributed by atoms with Crippen LogP contribution >= 0.6 is 28.3 Å². The van der Waals surface area contributed by atoms with E-state index in [0.717, 1.165) is 10.0 Å². The van der Waals surface area contributed by atoms with Gasteiger partial charge in [0.15, 0.2) is 0 Å². The Morgan fingerprint density at radius 3 is 2.82 bits per heavy atom. The summed E-state index contributed by atoms with van der Waals surface area (Å²) in [7, 11) is 0. The molecule has 17 heavy (non-hydrogen) atoms. The maximum atomic E-state index is 11.3. The standard InChI is InChI=1S/C12H14BrNO2.ClH/c1-12(2)7-16-11(15)14-10(12)8-4-3-5-9(13)6-8;/h3-6,10H,7H2,1-2H3,(H,14,15);1H/t10-;/m0./s1. The van der Waals surface area contributed by atoms with Gasteiger partial charge in [-0.3, -0.25) is 0 Å². The number of halogens is 2. The molecule has 0 radical (unpaired) electrons. The van der Waals surface area contributed by atoms with E-state index in [1.807, 2.05) is 24.3 Å². The van der Waals surface area contributed by atoms with Gasteiger partial charge in [0.05, 0.1) is 6.04 Å². The summed E-state index contributed by atoms with van der Waals surface area (Å²) in [6.07, 6.45) is -0.343. The van der Waals surface area contributed by atoms with Crippen LogP contribution in [0, 0.1) is 5.41 Å². The van der Waals surface area contributed by atoms with Crippen molar-refractivity contribution < 1.29 is 9.53 Å². The molecule has 1 aliphatic heterocycles. The van der Waals surface area contributed by atoms with E-state index in [4.69, 9.17) is 4.74 Å². The number of amides is 1. The van der Waals surface area contributed by atoms with Crippen LogP contribution < -0.4 is 5.32 Å². The normalized spacial score (nSPS) is 22.1. The van der Waals surface area contributed by atoms with E-state index in [1.165, 1.54) is 0 Å². The molecule has 1 amide bonds. The van der Waals surface area contributed by atoms with Crippen LogP contribution in [0.15, 0.2) is 28.7 Å². The van der Waals surface area contributed by atoms with Crippen LogP contribution in [0.1, 0.15) is 25.5 Å². The van der Waals surface area contributed by atoms with E-state index >= 15 is 0 Å². The highest BCUT2D eigenvalue weighted by molar-refractivity contribution is 9.10. The molecule has 0 aliphatic carbocycles. The number of carbonyl (C=O) groups is 1. The Morgan fingerprint density at radius 2 is 2.18 bits per heavy atom. The number of cyclic esters (lactones) is 1. The lowest BCUT2D eigenvalue weighted by Crippen LogP contribution is -2.46. The van der Waals surface area contributed by atoms with E-state index < -0.39 is 0 Å². The van der Waals surface area contributed by atoms with Crippen molar-refractivity contribution in [1.29, 1.82) is 0 Å². The number of hydrogen-bond acceptors (Lipinski definition) is 2. The van der Waals surface area contributed by atoms with Gasteiger partial charge in [-0.2, -0.15) is 0 Å². The van der Waals surface area contributed by atoms with Crippen LogP contribution in [0.3, 0.4) is 0 Å². The van der Waals surface area contributed by atoms with Crippen LogP contribution in [-0.4, -0.2) is 12.7 Å². The molecule has 0 saturated carbocycles. The van der Waals surface area contributed by atoms with Crippen molar-refractivity contribution in [3.8, 4) is 0 Å². The lowest BCUT2D eigenvalue weighted by atomic mass is 9.80. The summed E-state index contributed by atoms with van der Waals surface area (Å²) in [5, 5.41) is 2.87. The first-order valence-electron chi connectivity index (χ1n) is 5.18. The van der Waals surface area contributed by atoms with Crippen LogP contribution in [0.2, 0.25) is 0 Å². The molecule has 0 unspecified atom stereocenters. The van der Waals surface area contributed by atoms with Crippen molar-refractivity contribution in [2.45, 2.75) is 19.9 Å². The monoisotopic (exact) mass is 319 g/mol. The Labute approximate surface area is 115 Å². The molecule has 1 aromatic carbocycles. The van der Waals surface area contributed by atoms with Crippen LogP contribution in [0.25, 0.3) is 0 Å². The average Bonchev–Trinajstić information content (AvgIpc) is 2.22. The third-order valence-electron chi connectivity index (χ3n) is 2.80. The van der Waals surface area contributed by atoms with Crippen molar-refractivity contribution in [2.75, 3.05) is 6.61 Å². The Hall–Kier alpha value is -0.740. The predicted molar refractivity (Wildman–Crippen MR) is 72.4 cm³/mol. The van der Waals surface area contributed by atoms with Gasteiger partial charge in [0.25, 0.3) is 0 Å². The van der Waals surface area contributed by atoms with Crippen LogP contribution in [-0.2, 0) is 4.74 Å². The quantitative estimate of drug-likeness (QED) is 0.857. The van der Waals surface area contributed by atoms with Gasteiger partial charge in [0, 0.05) is 9.89 Å². The Bertz CT molecular complexity index is 423. The van der Waals surface area contributed by atoms with E-state index in [0.29, 0.717) is 6.61 Å². The van der Waals surface area contributed by atoms with Gasteiger partial charge in [0.2, 0.25) is 0 Å². The first-order valence-corrected chi connectivity index (χ1v) is 5.97. The molecule has 1 fully saturated rings. The number of hydrogen-bond donors (Lipinski definition) is 1. The number of nitrogens with one attached hydrogen (secondary N) is 1. The number of alkyl carbamates (subject to hydrolysis) is 1. The lowest BCUT2D eigenvalue weighted by molar-refractivity contribution is 0.0387. The highest BCUT2D eigenvalue weighted by Gasteiger charge is 2.37. The highest BCUT2D eigenvalue weighted by Crippen LogP contribution is 2.36. The molecule has 1 saturated heterocycles. The summed E-state index contributed by atoms with van der Waals surface area (Å²) in [6, 6.07) is 7.97. The van der Waals surface area contributed by atoms with Gasteiger partial charge >= 0.3 is 6.09 Å². The second-order valence-electron chi connectivity index (χ2n) is 4.70. The molecule has 1 aliphatic rings. The third kappa shape index (κ3) is 3.13. The predicted octanol–water partition coefficient (Wildman–Crippen LogP) is 3.68. The molecule has 1 heterocycles. The SMILES string of the molecule is CC1(C)COC(=O)N[C@H]1c1cccc(Br)c1.Cl. The zero-order valence-electron chi connectivity index (χ0n) is 9.70. The van der Waals surface area contributed by atoms with E-state index in [9.17, 15) is 4.79 Å². The first-order chi connectivity index (χ1) is 7.49. The minimum atomic E-state index is -0.343. The fraction of sp³-hybridized carbons (Fsp3) is 0.417. The van der Waals surface area contributed by atoms with E-state index in [-0.39, 0.29) is 30.0 Å². The van der Waals surface area contributed by atoms with E-state index in [2.05, 4.69) is 35.1 Å². The highest BCUT2D eigenvalue weighted by atomic mass is 79.9. The summed E-state index contributed by atoms with van der Waals surface area (Å²) in [5.41, 5.74) is 0.991. The smallest absolute Gasteiger partial charge is 0.407 e. The molecule has 0 bridgehead atoms. The number of carbonyl (C=O) groups excluding carboxylic acids is 1. The van der Waals surface area contributed by atoms with Gasteiger partial charge in [-0.15, -0.1) is 12.4 Å². The maximum Gasteiger partial charge on any atom is 0.407 e. The summed E-state index contributed by atoms with van der Waals surface area (Å²) in [4.78, 5) is 11.3. The van der Waals surface area contributed by atoms with Gasteiger partial charge < -0.3 is 10.1 Å². The van der Waals surface area contributed by atoms with Crippen molar-refractivity contribution in [1.82, 2.24) is 5.32 Å². The molecule has 1 N–H and O–H groups in total. The van der Waals surface area contributed by atoms with Crippen LogP contribution in [0.5, 0.6) is 0 Å². The molecular formula is C12H15BrClNO2. The summed E-state index contributed by atoms with van der Waals surface area (Å²) in [6.45, 7) is 4.60. The summed E-state index contributed by atoms with van der Waals surface area (Å²) >= 11 is 3.44. The molecule has 0 aromatic heterocycles. The minimum Gasteiger partial charge on any atom is -0.449 e. The molecule has 1 atom stereocenters. The Kier molecular flexibility index (Phi) is 4.44. The molecule has 94 valence electrons. The number of benzene rings is 1. The minimum absolute atomic E-state index is 0. The van der Waals surface area contributed by atoms with Crippen molar-refractivity contribution in [3.05, 3.63) is 34.3 Å². The molecule has 2 rings (SSSR count). The maximum absolute atomic E-state index is 11.3. The second-order valence-corrected chi connectivity index (χ2v) is 5.61. The van der Waals surface area contributed by atoms with Crippen LogP contribution in [0.4, 0.5) is 4.79 Å². The summed E-state index contributed by atoms with van der Waals surface area (Å²) < 4.78 is 6.03. The molecular weight excluding hydrogens is 305 g/mol. The van der Waals surface area contributed by atoms with E-state index in [1.54, 1.807) is 0 Å². The third-order valence-corrected chi connectivity index (χ3v) is 3.29. The van der Waals surface area contributed by atoms with Crippen molar-refractivity contribution in [3.63, 3.8) is 0 Å². The van der Waals surface area contributed by atoms with Gasteiger partial charge in [-0.1, -0.05) is 41.9 Å². The lowest BCUT2D eigenvalue weighted by Gasteiger charge is -2.38. The summed E-state index contributed by atoms with van der Waals surface area (Å²) in [5.74, 6) is 0. The fourth-order valence-corrected chi connectivity index (χ4v) is 2.33. The Balaban J connectivity index is 0.00000144. The zero-order chi connectivity index (χ0) is 11.8. The topological polar surface area (TPSA) is 38.3 Å². The zero-order valence-corrected chi connectivity index (χ0v) is 12.1.